The summed E-state index contributed by atoms with van der Waals surface area (Å²) in [6.07, 6.45) is 1.69. The van der Waals surface area contributed by atoms with Crippen LogP contribution in [0.1, 0.15) is 22.1 Å². The summed E-state index contributed by atoms with van der Waals surface area (Å²) in [5.41, 5.74) is 0.537. The molecule has 2 aromatic heterocycles. The molecule has 6 nitrogen and oxygen atoms in total. The van der Waals surface area contributed by atoms with Crippen molar-refractivity contribution in [1.29, 1.82) is 0 Å². The molecule has 2 heterocycles. The molecule has 2 rings (SSSR count). The number of aromatic nitrogens is 4. The highest BCUT2D eigenvalue weighted by Gasteiger charge is 2.17. The van der Waals surface area contributed by atoms with E-state index in [0.717, 1.165) is 5.82 Å². The molecule has 1 amide bonds. The molecule has 0 aliphatic heterocycles. The summed E-state index contributed by atoms with van der Waals surface area (Å²) in [7, 11) is 3.48. The normalized spacial score (nSPS) is 10.7. The Morgan fingerprint density at radius 2 is 2.33 bits per heavy atom. The van der Waals surface area contributed by atoms with Crippen LogP contribution in [0.4, 0.5) is 0 Å². The lowest BCUT2D eigenvalue weighted by Gasteiger charge is -2.15. The Morgan fingerprint density at radius 3 is 2.83 bits per heavy atom. The van der Waals surface area contributed by atoms with E-state index in [1.54, 1.807) is 35.8 Å². The lowest BCUT2D eigenvalue weighted by atomic mass is 10.3. The molecule has 7 heteroatoms. The Labute approximate surface area is 110 Å². The van der Waals surface area contributed by atoms with Crippen molar-refractivity contribution >= 4 is 17.5 Å². The van der Waals surface area contributed by atoms with Gasteiger partial charge in [-0.05, 0) is 13.0 Å². The topological polar surface area (TPSA) is 66.8 Å². The Bertz CT molecular complexity index is 574. The summed E-state index contributed by atoms with van der Waals surface area (Å²) in [6.45, 7) is 2.17. The van der Waals surface area contributed by atoms with E-state index in [-0.39, 0.29) is 5.91 Å². The van der Waals surface area contributed by atoms with Crippen molar-refractivity contribution in [3.8, 4) is 0 Å². The van der Waals surface area contributed by atoms with Crippen LogP contribution in [0.3, 0.4) is 0 Å². The second kappa shape index (κ2) is 4.81. The number of nitrogens with zero attached hydrogens (tertiary/aromatic N) is 4. The van der Waals surface area contributed by atoms with Gasteiger partial charge in [-0.1, -0.05) is 11.6 Å². The summed E-state index contributed by atoms with van der Waals surface area (Å²) in [6, 6.07) is 1.64. The van der Waals surface area contributed by atoms with E-state index in [9.17, 15) is 4.79 Å². The van der Waals surface area contributed by atoms with Gasteiger partial charge in [0.25, 0.3) is 5.91 Å². The molecule has 0 unspecified atom stereocenters. The Balaban J connectivity index is 2.11. The number of aromatic amines is 1. The van der Waals surface area contributed by atoms with E-state index in [4.69, 9.17) is 11.6 Å². The third kappa shape index (κ3) is 2.53. The van der Waals surface area contributed by atoms with Gasteiger partial charge in [-0.2, -0.15) is 5.10 Å². The van der Waals surface area contributed by atoms with Crippen molar-refractivity contribution in [2.24, 2.45) is 7.05 Å². The standard InChI is InChI=1S/C11H14ClN5O/c1-7-13-10(15-14-7)6-17(3)11(18)9-4-8(12)5-16(9)2/h4-5H,6H2,1-3H3,(H,13,14,15). The number of halogens is 1. The van der Waals surface area contributed by atoms with E-state index < -0.39 is 0 Å². The van der Waals surface area contributed by atoms with Crippen LogP contribution in [-0.4, -0.2) is 37.6 Å². The van der Waals surface area contributed by atoms with Gasteiger partial charge in [0.05, 0.1) is 11.6 Å². The summed E-state index contributed by atoms with van der Waals surface area (Å²) >= 11 is 5.86. The van der Waals surface area contributed by atoms with Crippen LogP contribution in [0, 0.1) is 6.92 Å². The highest BCUT2D eigenvalue weighted by Crippen LogP contribution is 2.14. The van der Waals surface area contributed by atoms with Crippen LogP contribution in [0.5, 0.6) is 0 Å². The number of carbonyl (C=O) groups excluding carboxylic acids is 1. The van der Waals surface area contributed by atoms with Gasteiger partial charge in [-0.25, -0.2) is 4.98 Å². The molecule has 0 aromatic carbocycles. The maximum Gasteiger partial charge on any atom is 0.270 e. The Morgan fingerprint density at radius 1 is 1.61 bits per heavy atom. The summed E-state index contributed by atoms with van der Waals surface area (Å²) < 4.78 is 1.70. The number of rotatable bonds is 3. The molecule has 0 atom stereocenters. The van der Waals surface area contributed by atoms with Gasteiger partial charge < -0.3 is 9.47 Å². The monoisotopic (exact) mass is 267 g/mol. The highest BCUT2D eigenvalue weighted by molar-refractivity contribution is 6.31. The van der Waals surface area contributed by atoms with Gasteiger partial charge in [-0.15, -0.1) is 0 Å². The number of amides is 1. The molecule has 2 aromatic rings. The maximum absolute atomic E-state index is 12.2. The zero-order valence-electron chi connectivity index (χ0n) is 10.4. The van der Waals surface area contributed by atoms with Crippen LogP contribution in [-0.2, 0) is 13.6 Å². The van der Waals surface area contributed by atoms with E-state index in [1.807, 2.05) is 6.92 Å². The lowest BCUT2D eigenvalue weighted by molar-refractivity contribution is 0.0772. The van der Waals surface area contributed by atoms with Crippen LogP contribution >= 0.6 is 11.6 Å². The van der Waals surface area contributed by atoms with E-state index >= 15 is 0 Å². The maximum atomic E-state index is 12.2. The second-order valence-corrected chi connectivity index (χ2v) is 4.59. The second-order valence-electron chi connectivity index (χ2n) is 4.15. The summed E-state index contributed by atoms with van der Waals surface area (Å²) in [4.78, 5) is 17.9. The number of H-pyrrole nitrogens is 1. The van der Waals surface area contributed by atoms with Crippen LogP contribution in [0.25, 0.3) is 0 Å². The SMILES string of the molecule is Cc1nc(CN(C)C(=O)c2cc(Cl)cn2C)n[nH]1. The van der Waals surface area contributed by atoms with Crippen molar-refractivity contribution in [3.05, 3.63) is 34.6 Å². The molecule has 0 saturated heterocycles. The number of hydrogen-bond donors (Lipinski definition) is 1. The minimum absolute atomic E-state index is 0.119. The quantitative estimate of drug-likeness (QED) is 0.914. The fourth-order valence-electron chi connectivity index (χ4n) is 1.68. The molecule has 18 heavy (non-hydrogen) atoms. The third-order valence-electron chi connectivity index (χ3n) is 2.56. The molecule has 0 saturated carbocycles. The van der Waals surface area contributed by atoms with Crippen LogP contribution in [0.15, 0.2) is 12.3 Å². The van der Waals surface area contributed by atoms with Crippen molar-refractivity contribution < 1.29 is 4.79 Å². The molecule has 0 fully saturated rings. The van der Waals surface area contributed by atoms with E-state index in [1.165, 1.54) is 0 Å². The largest absolute Gasteiger partial charge is 0.345 e. The van der Waals surface area contributed by atoms with Gasteiger partial charge in [0.2, 0.25) is 0 Å². The Kier molecular flexibility index (Phi) is 3.38. The van der Waals surface area contributed by atoms with Gasteiger partial charge in [0, 0.05) is 20.3 Å². The number of nitrogens with one attached hydrogen (secondary N) is 1. The molecule has 0 radical (unpaired) electrons. The predicted molar refractivity (Wildman–Crippen MR) is 67.3 cm³/mol. The predicted octanol–water partition coefficient (Wildman–Crippen LogP) is 1.38. The third-order valence-corrected chi connectivity index (χ3v) is 2.77. The summed E-state index contributed by atoms with van der Waals surface area (Å²) in [5.74, 6) is 1.20. The summed E-state index contributed by atoms with van der Waals surface area (Å²) in [5, 5.41) is 7.28. The molecular formula is C11H14ClN5O. The number of aryl methyl sites for hydroxylation is 2. The van der Waals surface area contributed by atoms with Gasteiger partial charge in [0.15, 0.2) is 5.82 Å². The lowest BCUT2D eigenvalue weighted by Crippen LogP contribution is -2.28. The zero-order chi connectivity index (χ0) is 13.3. The Hall–Kier alpha value is -1.82. The van der Waals surface area contributed by atoms with Crippen LogP contribution < -0.4 is 0 Å². The average Bonchev–Trinajstić information content (AvgIpc) is 2.84. The molecule has 1 N–H and O–H groups in total. The van der Waals surface area contributed by atoms with E-state index in [0.29, 0.717) is 23.1 Å². The van der Waals surface area contributed by atoms with Gasteiger partial charge >= 0.3 is 0 Å². The molecular weight excluding hydrogens is 254 g/mol. The van der Waals surface area contributed by atoms with Crippen LogP contribution in [0.2, 0.25) is 5.02 Å². The first-order chi connectivity index (χ1) is 8.47. The van der Waals surface area contributed by atoms with Gasteiger partial charge in [-0.3, -0.25) is 9.89 Å². The first kappa shape index (κ1) is 12.6. The minimum Gasteiger partial charge on any atom is -0.345 e. The highest BCUT2D eigenvalue weighted by atomic mass is 35.5. The fraction of sp³-hybridized carbons (Fsp3) is 0.364. The minimum atomic E-state index is -0.119. The molecule has 0 aliphatic rings. The zero-order valence-corrected chi connectivity index (χ0v) is 11.2. The number of carbonyl (C=O) groups is 1. The van der Waals surface area contributed by atoms with Crippen molar-refractivity contribution in [1.82, 2.24) is 24.6 Å². The first-order valence-electron chi connectivity index (χ1n) is 5.42. The van der Waals surface area contributed by atoms with Crippen molar-refractivity contribution in [3.63, 3.8) is 0 Å². The van der Waals surface area contributed by atoms with Crippen molar-refractivity contribution in [2.75, 3.05) is 7.05 Å². The molecule has 0 aliphatic carbocycles. The van der Waals surface area contributed by atoms with E-state index in [2.05, 4.69) is 15.2 Å². The molecule has 0 spiro atoms. The van der Waals surface area contributed by atoms with Crippen molar-refractivity contribution in [2.45, 2.75) is 13.5 Å². The fourth-order valence-corrected chi connectivity index (χ4v) is 1.93. The average molecular weight is 268 g/mol. The first-order valence-corrected chi connectivity index (χ1v) is 5.80. The molecule has 0 bridgehead atoms. The smallest absolute Gasteiger partial charge is 0.270 e. The number of hydrogen-bond acceptors (Lipinski definition) is 3. The van der Waals surface area contributed by atoms with Gasteiger partial charge in [0.1, 0.15) is 11.5 Å². The molecule has 96 valence electrons.